The summed E-state index contributed by atoms with van der Waals surface area (Å²) in [5.74, 6) is 0.974. The van der Waals surface area contributed by atoms with E-state index in [0.717, 1.165) is 13.0 Å². The van der Waals surface area contributed by atoms with E-state index < -0.39 is 0 Å². The molecular formula is C16H20FN3O. The van der Waals surface area contributed by atoms with Gasteiger partial charge in [-0.2, -0.15) is 0 Å². The van der Waals surface area contributed by atoms with Gasteiger partial charge in [-0.15, -0.1) is 0 Å². The van der Waals surface area contributed by atoms with Crippen molar-refractivity contribution in [3.05, 3.63) is 30.3 Å². The maximum Gasteiger partial charge on any atom is 0.143 e. The highest BCUT2D eigenvalue weighted by Crippen LogP contribution is 2.29. The van der Waals surface area contributed by atoms with Crippen LogP contribution in [0.2, 0.25) is 0 Å². The molecular weight excluding hydrogens is 269 g/mol. The van der Waals surface area contributed by atoms with Crippen molar-refractivity contribution in [1.29, 1.82) is 0 Å². The lowest BCUT2D eigenvalue weighted by molar-refractivity contribution is 0.0875. The van der Waals surface area contributed by atoms with E-state index in [1.54, 1.807) is 6.07 Å². The number of morpholine rings is 1. The number of benzene rings is 1. The molecule has 1 saturated heterocycles. The smallest absolute Gasteiger partial charge is 0.143 e. The van der Waals surface area contributed by atoms with Gasteiger partial charge in [0.05, 0.1) is 30.2 Å². The molecule has 3 rings (SSSR count). The molecule has 0 radical (unpaired) electrons. The van der Waals surface area contributed by atoms with Crippen LogP contribution in [0.25, 0.3) is 10.9 Å². The van der Waals surface area contributed by atoms with Gasteiger partial charge < -0.3 is 9.64 Å². The second-order valence-electron chi connectivity index (χ2n) is 5.88. The molecule has 2 aromatic rings. The Balaban J connectivity index is 2.05. The first kappa shape index (κ1) is 14.2. The molecule has 1 atom stereocenters. The van der Waals surface area contributed by atoms with E-state index in [1.165, 1.54) is 12.4 Å². The predicted molar refractivity (Wildman–Crippen MR) is 80.9 cm³/mol. The van der Waals surface area contributed by atoms with Crippen molar-refractivity contribution in [3.63, 3.8) is 0 Å². The van der Waals surface area contributed by atoms with Crippen molar-refractivity contribution in [2.45, 2.75) is 26.3 Å². The minimum Gasteiger partial charge on any atom is -0.377 e. The molecule has 1 aromatic carbocycles. The van der Waals surface area contributed by atoms with E-state index in [9.17, 15) is 4.39 Å². The highest BCUT2D eigenvalue weighted by atomic mass is 19.1. The number of halogens is 1. The Morgan fingerprint density at radius 3 is 3.05 bits per heavy atom. The zero-order valence-electron chi connectivity index (χ0n) is 12.4. The largest absolute Gasteiger partial charge is 0.377 e. The van der Waals surface area contributed by atoms with Crippen LogP contribution < -0.4 is 4.90 Å². The molecule has 1 aliphatic rings. The van der Waals surface area contributed by atoms with Crippen molar-refractivity contribution >= 4 is 16.7 Å². The van der Waals surface area contributed by atoms with E-state index in [2.05, 4.69) is 28.7 Å². The third-order valence-electron chi connectivity index (χ3n) is 3.84. The summed E-state index contributed by atoms with van der Waals surface area (Å²) in [6.45, 7) is 6.42. The minimum absolute atomic E-state index is 0.233. The van der Waals surface area contributed by atoms with Crippen LogP contribution in [0.5, 0.6) is 0 Å². The fourth-order valence-electron chi connectivity index (χ4n) is 2.94. The number of rotatable bonds is 3. The molecule has 0 saturated carbocycles. The fraction of sp³-hybridized carbons (Fsp3) is 0.500. The van der Waals surface area contributed by atoms with Crippen LogP contribution in [0.3, 0.4) is 0 Å². The van der Waals surface area contributed by atoms with Gasteiger partial charge in [0.25, 0.3) is 0 Å². The van der Waals surface area contributed by atoms with Crippen LogP contribution in [-0.4, -0.2) is 35.8 Å². The Bertz CT molecular complexity index is 627. The summed E-state index contributed by atoms with van der Waals surface area (Å²) in [5.41, 5.74) is 0.648. The van der Waals surface area contributed by atoms with Gasteiger partial charge in [-0.25, -0.2) is 14.4 Å². The molecule has 5 heteroatoms. The van der Waals surface area contributed by atoms with Crippen LogP contribution in [0.4, 0.5) is 10.2 Å². The molecule has 1 aromatic heterocycles. The van der Waals surface area contributed by atoms with Crippen LogP contribution >= 0.6 is 0 Å². The summed E-state index contributed by atoms with van der Waals surface area (Å²) in [5, 5.41) is 0.510. The molecule has 2 heterocycles. The predicted octanol–water partition coefficient (Wildman–Crippen LogP) is 3.02. The summed E-state index contributed by atoms with van der Waals surface area (Å²) >= 11 is 0. The topological polar surface area (TPSA) is 38.2 Å². The van der Waals surface area contributed by atoms with E-state index >= 15 is 0 Å². The molecule has 1 aliphatic heterocycles. The summed E-state index contributed by atoms with van der Waals surface area (Å²) < 4.78 is 19.9. The van der Waals surface area contributed by atoms with E-state index in [1.807, 2.05) is 6.07 Å². The molecule has 0 amide bonds. The van der Waals surface area contributed by atoms with Gasteiger partial charge in [0.1, 0.15) is 18.0 Å². The highest BCUT2D eigenvalue weighted by molar-refractivity contribution is 5.90. The Morgan fingerprint density at radius 2 is 2.24 bits per heavy atom. The molecule has 1 fully saturated rings. The quantitative estimate of drug-likeness (QED) is 0.870. The third-order valence-corrected chi connectivity index (χ3v) is 3.84. The number of hydrogen-bond donors (Lipinski definition) is 0. The highest BCUT2D eigenvalue weighted by Gasteiger charge is 2.27. The molecule has 0 bridgehead atoms. The van der Waals surface area contributed by atoms with Gasteiger partial charge in [-0.05, 0) is 24.5 Å². The van der Waals surface area contributed by atoms with Crippen LogP contribution in [0.1, 0.15) is 20.3 Å². The molecule has 0 N–H and O–H groups in total. The van der Waals surface area contributed by atoms with Crippen molar-refractivity contribution in [1.82, 2.24) is 9.97 Å². The Labute approximate surface area is 124 Å². The van der Waals surface area contributed by atoms with Crippen LogP contribution in [0.15, 0.2) is 24.5 Å². The Kier molecular flexibility index (Phi) is 4.01. The van der Waals surface area contributed by atoms with Crippen molar-refractivity contribution < 1.29 is 9.13 Å². The maximum absolute atomic E-state index is 14.3. The van der Waals surface area contributed by atoms with Crippen LogP contribution in [-0.2, 0) is 4.74 Å². The van der Waals surface area contributed by atoms with Gasteiger partial charge in [-0.3, -0.25) is 0 Å². The van der Waals surface area contributed by atoms with Gasteiger partial charge in [-0.1, -0.05) is 19.9 Å². The lowest BCUT2D eigenvalue weighted by Gasteiger charge is -2.37. The zero-order chi connectivity index (χ0) is 14.8. The number of fused-ring (bicyclic) bond motifs is 1. The molecule has 21 heavy (non-hydrogen) atoms. The van der Waals surface area contributed by atoms with Crippen molar-refractivity contribution in [3.8, 4) is 0 Å². The average Bonchev–Trinajstić information content (AvgIpc) is 2.47. The number of nitrogens with zero attached hydrogens (tertiary/aromatic N) is 3. The molecule has 0 aliphatic carbocycles. The fourth-order valence-corrected chi connectivity index (χ4v) is 2.94. The summed E-state index contributed by atoms with van der Waals surface area (Å²) in [7, 11) is 0. The van der Waals surface area contributed by atoms with E-state index in [0.29, 0.717) is 35.9 Å². The monoisotopic (exact) mass is 289 g/mol. The lowest BCUT2D eigenvalue weighted by atomic mass is 10.0. The van der Waals surface area contributed by atoms with Gasteiger partial charge in [0.15, 0.2) is 0 Å². The minimum atomic E-state index is -0.266. The summed E-state index contributed by atoms with van der Waals surface area (Å²) in [6, 6.07) is 5.20. The zero-order valence-corrected chi connectivity index (χ0v) is 12.4. The Morgan fingerprint density at radius 1 is 1.38 bits per heavy atom. The lowest BCUT2D eigenvalue weighted by Crippen LogP contribution is -2.46. The van der Waals surface area contributed by atoms with E-state index in [-0.39, 0.29) is 11.9 Å². The number of aromatic nitrogens is 2. The normalized spacial score (nSPS) is 19.4. The van der Waals surface area contributed by atoms with Crippen molar-refractivity contribution in [2.24, 2.45) is 5.92 Å². The van der Waals surface area contributed by atoms with Gasteiger partial charge in [0.2, 0.25) is 0 Å². The average molecular weight is 289 g/mol. The van der Waals surface area contributed by atoms with Gasteiger partial charge >= 0.3 is 0 Å². The number of hydrogen-bond acceptors (Lipinski definition) is 4. The summed E-state index contributed by atoms with van der Waals surface area (Å²) in [6.07, 6.45) is 2.51. The van der Waals surface area contributed by atoms with Crippen molar-refractivity contribution in [2.75, 3.05) is 24.7 Å². The van der Waals surface area contributed by atoms with Gasteiger partial charge in [0, 0.05) is 6.54 Å². The molecule has 4 nitrogen and oxygen atoms in total. The van der Waals surface area contributed by atoms with E-state index in [4.69, 9.17) is 4.74 Å². The second-order valence-corrected chi connectivity index (χ2v) is 5.88. The number of anilines is 1. The SMILES string of the molecule is CC(C)CC1COCCN1c1ncnc2cccc(F)c12. The first-order valence-corrected chi connectivity index (χ1v) is 7.40. The molecule has 112 valence electrons. The first-order chi connectivity index (χ1) is 10.2. The third kappa shape index (κ3) is 2.83. The Hall–Kier alpha value is -1.75. The summed E-state index contributed by atoms with van der Waals surface area (Å²) in [4.78, 5) is 10.7. The first-order valence-electron chi connectivity index (χ1n) is 7.40. The standard InChI is InChI=1S/C16H20FN3O/c1-11(2)8-12-9-21-7-6-20(12)16-15-13(17)4-3-5-14(15)18-10-19-16/h3-5,10-12H,6-9H2,1-2H3. The number of ether oxygens (including phenoxy) is 1. The molecule has 0 spiro atoms. The second kappa shape index (κ2) is 5.93. The van der Waals surface area contributed by atoms with Crippen LogP contribution in [0, 0.1) is 11.7 Å². The molecule has 1 unspecified atom stereocenters. The maximum atomic E-state index is 14.3.